The highest BCUT2D eigenvalue weighted by molar-refractivity contribution is 6.28. The van der Waals surface area contributed by atoms with Crippen LogP contribution in [0.25, 0.3) is 11.6 Å². The molecule has 6 nitrogen and oxygen atoms in total. The van der Waals surface area contributed by atoms with E-state index in [9.17, 15) is 0 Å². The number of nitrogens with zero attached hydrogens (tertiary/aromatic N) is 3. The maximum absolute atomic E-state index is 5.75. The van der Waals surface area contributed by atoms with Gasteiger partial charge in [-0.2, -0.15) is 4.98 Å². The second kappa shape index (κ2) is 5.22. The minimum Gasteiger partial charge on any atom is -0.441 e. The molecule has 0 saturated carbocycles. The van der Waals surface area contributed by atoms with E-state index in [1.807, 2.05) is 0 Å². The van der Waals surface area contributed by atoms with Gasteiger partial charge in [-0.1, -0.05) is 0 Å². The van der Waals surface area contributed by atoms with Crippen LogP contribution in [-0.2, 0) is 0 Å². The van der Waals surface area contributed by atoms with E-state index in [4.69, 9.17) is 21.8 Å². The summed E-state index contributed by atoms with van der Waals surface area (Å²) in [5.74, 6) is 2.53. The van der Waals surface area contributed by atoms with Crippen molar-refractivity contribution in [1.82, 2.24) is 15.2 Å². The third-order valence-electron chi connectivity index (χ3n) is 3.51. The van der Waals surface area contributed by atoms with Crippen molar-refractivity contribution < 1.29 is 4.42 Å². The minimum absolute atomic E-state index is 0.344. The Kier molecular flexibility index (Phi) is 3.44. The third-order valence-corrected chi connectivity index (χ3v) is 3.71. The molecular formula is C12H16ClN5O. The Labute approximate surface area is 115 Å². The molecule has 7 heteroatoms. The van der Waals surface area contributed by atoms with Crippen LogP contribution in [-0.4, -0.2) is 34.8 Å². The van der Waals surface area contributed by atoms with Gasteiger partial charge in [0.05, 0.1) is 0 Å². The van der Waals surface area contributed by atoms with Gasteiger partial charge in [0.1, 0.15) is 0 Å². The lowest BCUT2D eigenvalue weighted by Crippen LogP contribution is -2.36. The van der Waals surface area contributed by atoms with Crippen LogP contribution in [0.15, 0.2) is 16.5 Å². The molecule has 3 N–H and O–H groups in total. The van der Waals surface area contributed by atoms with Crippen molar-refractivity contribution in [3.05, 3.63) is 17.4 Å². The topological polar surface area (TPSA) is 84.0 Å². The maximum atomic E-state index is 5.75. The van der Waals surface area contributed by atoms with Crippen LogP contribution in [0.2, 0.25) is 5.22 Å². The molecular weight excluding hydrogens is 266 g/mol. The van der Waals surface area contributed by atoms with Crippen LogP contribution in [0.3, 0.4) is 0 Å². The lowest BCUT2D eigenvalue weighted by molar-refractivity contribution is 0.411. The molecule has 1 saturated heterocycles. The van der Waals surface area contributed by atoms with Gasteiger partial charge in [-0.15, -0.1) is 5.10 Å². The first-order valence-corrected chi connectivity index (χ1v) is 6.77. The standard InChI is InChI=1S/C12H16ClN5O/c13-10-2-1-9(19-10)11-15-12(17-16-11)18-5-3-8(7-14)4-6-18/h1-2,8H,3-7,14H2,(H,15,16,17). The zero-order valence-corrected chi connectivity index (χ0v) is 11.2. The molecule has 0 aliphatic carbocycles. The summed E-state index contributed by atoms with van der Waals surface area (Å²) in [6.07, 6.45) is 2.18. The van der Waals surface area contributed by atoms with E-state index in [-0.39, 0.29) is 0 Å². The highest BCUT2D eigenvalue weighted by Gasteiger charge is 2.21. The first kappa shape index (κ1) is 12.5. The van der Waals surface area contributed by atoms with Gasteiger partial charge in [0, 0.05) is 13.1 Å². The Balaban J connectivity index is 1.72. The fourth-order valence-corrected chi connectivity index (χ4v) is 2.46. The first-order valence-electron chi connectivity index (χ1n) is 6.39. The Morgan fingerprint density at radius 3 is 2.84 bits per heavy atom. The van der Waals surface area contributed by atoms with Gasteiger partial charge in [-0.3, -0.25) is 5.10 Å². The van der Waals surface area contributed by atoms with Crippen molar-refractivity contribution in [2.75, 3.05) is 24.5 Å². The van der Waals surface area contributed by atoms with Gasteiger partial charge >= 0.3 is 0 Å². The quantitative estimate of drug-likeness (QED) is 0.897. The van der Waals surface area contributed by atoms with E-state index in [1.165, 1.54) is 0 Å². The molecule has 2 aromatic heterocycles. The van der Waals surface area contributed by atoms with Gasteiger partial charge in [-0.25, -0.2) is 0 Å². The van der Waals surface area contributed by atoms with E-state index in [1.54, 1.807) is 12.1 Å². The average Bonchev–Trinajstić information content (AvgIpc) is 3.07. The second-order valence-electron chi connectivity index (χ2n) is 4.75. The summed E-state index contributed by atoms with van der Waals surface area (Å²) >= 11 is 5.75. The first-order chi connectivity index (χ1) is 9.26. The lowest BCUT2D eigenvalue weighted by Gasteiger charge is -2.30. The summed E-state index contributed by atoms with van der Waals surface area (Å²) in [6.45, 7) is 2.65. The number of aromatic amines is 1. The molecule has 1 fully saturated rings. The molecule has 102 valence electrons. The van der Waals surface area contributed by atoms with E-state index in [0.29, 0.717) is 28.7 Å². The Morgan fingerprint density at radius 1 is 1.42 bits per heavy atom. The van der Waals surface area contributed by atoms with Crippen LogP contribution in [0.5, 0.6) is 0 Å². The van der Waals surface area contributed by atoms with Crippen molar-refractivity contribution in [2.24, 2.45) is 11.7 Å². The molecule has 1 aliphatic rings. The van der Waals surface area contributed by atoms with Crippen molar-refractivity contribution in [3.8, 4) is 11.6 Å². The van der Waals surface area contributed by atoms with E-state index in [2.05, 4.69) is 20.1 Å². The number of H-pyrrole nitrogens is 1. The molecule has 0 bridgehead atoms. The van der Waals surface area contributed by atoms with Gasteiger partial charge in [0.25, 0.3) is 0 Å². The normalized spacial score (nSPS) is 17.1. The summed E-state index contributed by atoms with van der Waals surface area (Å²) in [6, 6.07) is 3.46. The molecule has 0 unspecified atom stereocenters. The van der Waals surface area contributed by atoms with Crippen LogP contribution < -0.4 is 10.6 Å². The summed E-state index contributed by atoms with van der Waals surface area (Å²) in [7, 11) is 0. The Morgan fingerprint density at radius 2 is 2.21 bits per heavy atom. The highest BCUT2D eigenvalue weighted by Crippen LogP contribution is 2.24. The largest absolute Gasteiger partial charge is 0.441 e. The number of hydrogen-bond donors (Lipinski definition) is 2. The summed E-state index contributed by atoms with van der Waals surface area (Å²) in [5, 5.41) is 7.45. The van der Waals surface area contributed by atoms with Crippen molar-refractivity contribution in [3.63, 3.8) is 0 Å². The van der Waals surface area contributed by atoms with Crippen LogP contribution in [0, 0.1) is 5.92 Å². The fraction of sp³-hybridized carbons (Fsp3) is 0.500. The number of halogens is 1. The number of nitrogens with two attached hydrogens (primary N) is 1. The average molecular weight is 282 g/mol. The number of rotatable bonds is 3. The van der Waals surface area contributed by atoms with Crippen LogP contribution >= 0.6 is 11.6 Å². The monoisotopic (exact) mass is 281 g/mol. The molecule has 1 aliphatic heterocycles. The predicted molar refractivity (Wildman–Crippen MR) is 73.1 cm³/mol. The Bertz CT molecular complexity index is 544. The molecule has 0 spiro atoms. The number of anilines is 1. The van der Waals surface area contributed by atoms with E-state index >= 15 is 0 Å². The van der Waals surface area contributed by atoms with E-state index in [0.717, 1.165) is 32.5 Å². The van der Waals surface area contributed by atoms with Crippen molar-refractivity contribution in [2.45, 2.75) is 12.8 Å². The number of aromatic nitrogens is 3. The summed E-state index contributed by atoms with van der Waals surface area (Å²) in [5.41, 5.74) is 5.69. The molecule has 0 aromatic carbocycles. The van der Waals surface area contributed by atoms with Gasteiger partial charge < -0.3 is 15.1 Å². The zero-order chi connectivity index (χ0) is 13.2. The van der Waals surface area contributed by atoms with Crippen molar-refractivity contribution >= 4 is 17.5 Å². The number of hydrogen-bond acceptors (Lipinski definition) is 5. The number of furan rings is 1. The van der Waals surface area contributed by atoms with Crippen LogP contribution in [0.4, 0.5) is 5.95 Å². The lowest BCUT2D eigenvalue weighted by atomic mass is 9.97. The molecule has 0 radical (unpaired) electrons. The molecule has 0 amide bonds. The fourth-order valence-electron chi connectivity index (χ4n) is 2.31. The SMILES string of the molecule is NCC1CCN(c2n[nH]c(-c3ccc(Cl)o3)n2)CC1. The van der Waals surface area contributed by atoms with Gasteiger partial charge in [0.15, 0.2) is 16.8 Å². The number of piperidine rings is 1. The molecule has 0 atom stereocenters. The van der Waals surface area contributed by atoms with Gasteiger partial charge in [-0.05, 0) is 49.0 Å². The summed E-state index contributed by atoms with van der Waals surface area (Å²) < 4.78 is 5.30. The number of nitrogens with one attached hydrogen (secondary N) is 1. The third kappa shape index (κ3) is 2.59. The summed E-state index contributed by atoms with van der Waals surface area (Å²) in [4.78, 5) is 6.61. The smallest absolute Gasteiger partial charge is 0.245 e. The molecule has 3 rings (SSSR count). The molecule has 2 aromatic rings. The highest BCUT2D eigenvalue weighted by atomic mass is 35.5. The minimum atomic E-state index is 0.344. The van der Waals surface area contributed by atoms with E-state index < -0.39 is 0 Å². The Hall–Kier alpha value is -1.53. The molecule has 3 heterocycles. The predicted octanol–water partition coefficient (Wildman–Crippen LogP) is 1.89. The maximum Gasteiger partial charge on any atom is 0.245 e. The second-order valence-corrected chi connectivity index (χ2v) is 5.13. The van der Waals surface area contributed by atoms with Crippen molar-refractivity contribution in [1.29, 1.82) is 0 Å². The zero-order valence-electron chi connectivity index (χ0n) is 10.5. The van der Waals surface area contributed by atoms with Gasteiger partial charge in [0.2, 0.25) is 5.95 Å². The molecule has 19 heavy (non-hydrogen) atoms. The van der Waals surface area contributed by atoms with Crippen LogP contribution in [0.1, 0.15) is 12.8 Å².